The Hall–Kier alpha value is -2.11. The number of amides is 1. The number of benzene rings is 2. The lowest BCUT2D eigenvalue weighted by Gasteiger charge is -2.35. The number of aliphatic hydroxyl groups is 1. The molecular formula is C25H34N4O4S2. The van der Waals surface area contributed by atoms with Crippen molar-refractivity contribution in [2.24, 2.45) is 5.92 Å². The number of aliphatic hydroxyl groups excluding tert-OH is 1. The number of likely N-dealkylation sites (tertiary alicyclic amines) is 1. The molecule has 0 spiro atoms. The maximum atomic E-state index is 12.7. The van der Waals surface area contributed by atoms with Gasteiger partial charge in [0.25, 0.3) is 0 Å². The Morgan fingerprint density at radius 2 is 1.80 bits per heavy atom. The fourth-order valence-electron chi connectivity index (χ4n) is 4.62. The molecule has 0 radical (unpaired) electrons. The highest BCUT2D eigenvalue weighted by Crippen LogP contribution is 2.48. The second-order valence-corrected chi connectivity index (χ2v) is 12.4. The Kier molecular flexibility index (Phi) is 8.38. The van der Waals surface area contributed by atoms with Gasteiger partial charge in [0, 0.05) is 42.9 Å². The van der Waals surface area contributed by atoms with E-state index in [2.05, 4.69) is 27.2 Å². The molecule has 2 N–H and O–H groups in total. The molecular weight excluding hydrogens is 484 g/mol. The number of hydrogen-bond acceptors (Lipinski definition) is 7. The summed E-state index contributed by atoms with van der Waals surface area (Å²) in [6.45, 7) is 3.84. The van der Waals surface area contributed by atoms with Crippen LogP contribution in [0.3, 0.4) is 0 Å². The van der Waals surface area contributed by atoms with Crippen LogP contribution in [0.15, 0.2) is 57.2 Å². The highest BCUT2D eigenvalue weighted by molar-refractivity contribution is 7.99. The van der Waals surface area contributed by atoms with Gasteiger partial charge in [-0.3, -0.25) is 4.79 Å². The van der Waals surface area contributed by atoms with Gasteiger partial charge in [-0.2, -0.15) is 0 Å². The second kappa shape index (κ2) is 11.3. The van der Waals surface area contributed by atoms with Gasteiger partial charge < -0.3 is 20.2 Å². The normalized spacial score (nSPS) is 16.7. The van der Waals surface area contributed by atoms with E-state index in [1.165, 1.54) is 4.31 Å². The number of carbonyl (C=O) groups excluding carboxylic acids is 1. The average Bonchev–Trinajstić information content (AvgIpc) is 2.86. The molecule has 0 aromatic heterocycles. The SMILES string of the molecule is CN(C)S(=O)(=O)c1ccc2c(c1)Sc1ccccc1N2CCCN1CCC(C(=O)NCCO)CC1. The minimum absolute atomic E-state index is 0.0291. The molecule has 0 saturated carbocycles. The number of nitrogens with one attached hydrogen (secondary N) is 1. The van der Waals surface area contributed by atoms with Crippen LogP contribution in [0.4, 0.5) is 11.4 Å². The van der Waals surface area contributed by atoms with Gasteiger partial charge in [0.15, 0.2) is 0 Å². The number of anilines is 2. The van der Waals surface area contributed by atoms with E-state index in [0.717, 1.165) is 66.6 Å². The molecule has 8 nitrogen and oxygen atoms in total. The van der Waals surface area contributed by atoms with Crippen LogP contribution >= 0.6 is 11.8 Å². The Balaban J connectivity index is 1.42. The molecule has 2 aromatic rings. The van der Waals surface area contributed by atoms with Gasteiger partial charge in [-0.15, -0.1) is 0 Å². The lowest BCUT2D eigenvalue weighted by molar-refractivity contribution is -0.126. The van der Waals surface area contributed by atoms with Crippen LogP contribution in [0.5, 0.6) is 0 Å². The molecule has 4 rings (SSSR count). The maximum Gasteiger partial charge on any atom is 0.242 e. The van der Waals surface area contributed by atoms with Gasteiger partial charge in [0.2, 0.25) is 15.9 Å². The Morgan fingerprint density at radius 3 is 2.51 bits per heavy atom. The molecule has 2 aliphatic rings. The number of piperidine rings is 1. The predicted molar refractivity (Wildman–Crippen MR) is 139 cm³/mol. The van der Waals surface area contributed by atoms with E-state index in [9.17, 15) is 13.2 Å². The lowest BCUT2D eigenvalue weighted by atomic mass is 9.96. The molecule has 2 aromatic carbocycles. The first kappa shape index (κ1) is 26.0. The summed E-state index contributed by atoms with van der Waals surface area (Å²) in [4.78, 5) is 19.2. The molecule has 0 atom stereocenters. The van der Waals surface area contributed by atoms with Crippen LogP contribution in [0, 0.1) is 5.92 Å². The Labute approximate surface area is 212 Å². The van der Waals surface area contributed by atoms with E-state index in [1.54, 1.807) is 38.0 Å². The average molecular weight is 519 g/mol. The molecule has 2 heterocycles. The van der Waals surface area contributed by atoms with Crippen LogP contribution in [0.1, 0.15) is 19.3 Å². The molecule has 10 heteroatoms. The summed E-state index contributed by atoms with van der Waals surface area (Å²) in [6, 6.07) is 13.6. The number of para-hydroxylation sites is 1. The van der Waals surface area contributed by atoms with E-state index in [4.69, 9.17) is 5.11 Å². The van der Waals surface area contributed by atoms with Gasteiger partial charge in [-0.05, 0) is 69.2 Å². The summed E-state index contributed by atoms with van der Waals surface area (Å²) < 4.78 is 26.6. The van der Waals surface area contributed by atoms with Gasteiger partial charge in [-0.25, -0.2) is 12.7 Å². The van der Waals surface area contributed by atoms with Crippen molar-refractivity contribution in [1.82, 2.24) is 14.5 Å². The fourth-order valence-corrected chi connectivity index (χ4v) is 6.76. The lowest BCUT2D eigenvalue weighted by Crippen LogP contribution is -2.41. The minimum Gasteiger partial charge on any atom is -0.395 e. The monoisotopic (exact) mass is 518 g/mol. The number of sulfonamides is 1. The summed E-state index contributed by atoms with van der Waals surface area (Å²) >= 11 is 1.61. The number of hydrogen-bond donors (Lipinski definition) is 2. The molecule has 0 bridgehead atoms. The smallest absolute Gasteiger partial charge is 0.242 e. The summed E-state index contributed by atoms with van der Waals surface area (Å²) in [5.41, 5.74) is 2.18. The van der Waals surface area contributed by atoms with Gasteiger partial charge >= 0.3 is 0 Å². The first-order valence-corrected chi connectivity index (χ1v) is 14.3. The van der Waals surface area contributed by atoms with Crippen LogP contribution in [-0.4, -0.2) is 82.1 Å². The van der Waals surface area contributed by atoms with Crippen molar-refractivity contribution in [1.29, 1.82) is 0 Å². The first-order valence-electron chi connectivity index (χ1n) is 12.0. The minimum atomic E-state index is -3.50. The van der Waals surface area contributed by atoms with Crippen molar-refractivity contribution in [2.75, 3.05) is 58.3 Å². The zero-order valence-corrected chi connectivity index (χ0v) is 21.9. The van der Waals surface area contributed by atoms with Crippen molar-refractivity contribution in [3.63, 3.8) is 0 Å². The highest BCUT2D eigenvalue weighted by atomic mass is 32.2. The quantitative estimate of drug-likeness (QED) is 0.527. The Morgan fingerprint density at radius 1 is 1.09 bits per heavy atom. The van der Waals surface area contributed by atoms with Crippen molar-refractivity contribution in [3.05, 3.63) is 42.5 Å². The van der Waals surface area contributed by atoms with Gasteiger partial charge in [0.05, 0.1) is 22.9 Å². The molecule has 0 aliphatic carbocycles. The topological polar surface area (TPSA) is 93.2 Å². The van der Waals surface area contributed by atoms with Gasteiger partial charge in [-0.1, -0.05) is 23.9 Å². The van der Waals surface area contributed by atoms with Crippen LogP contribution in [0.25, 0.3) is 0 Å². The summed E-state index contributed by atoms with van der Waals surface area (Å²) in [5, 5.41) is 11.7. The van der Waals surface area contributed by atoms with Crippen molar-refractivity contribution < 1.29 is 18.3 Å². The van der Waals surface area contributed by atoms with Crippen LogP contribution in [0.2, 0.25) is 0 Å². The van der Waals surface area contributed by atoms with Crippen LogP contribution < -0.4 is 10.2 Å². The predicted octanol–water partition coefficient (Wildman–Crippen LogP) is 2.75. The second-order valence-electron chi connectivity index (χ2n) is 9.12. The summed E-state index contributed by atoms with van der Waals surface area (Å²) in [7, 11) is -0.400. The third kappa shape index (κ3) is 5.83. The number of rotatable bonds is 9. The third-order valence-corrected chi connectivity index (χ3v) is 9.53. The first-order chi connectivity index (χ1) is 16.8. The molecule has 1 amide bonds. The molecule has 190 valence electrons. The van der Waals surface area contributed by atoms with Crippen molar-refractivity contribution >= 4 is 39.1 Å². The number of carbonyl (C=O) groups is 1. The zero-order valence-electron chi connectivity index (χ0n) is 20.3. The van der Waals surface area contributed by atoms with E-state index in [-0.39, 0.29) is 18.4 Å². The van der Waals surface area contributed by atoms with E-state index < -0.39 is 10.0 Å². The summed E-state index contributed by atoms with van der Waals surface area (Å²) in [5.74, 6) is 0.0803. The van der Waals surface area contributed by atoms with E-state index >= 15 is 0 Å². The number of fused-ring (bicyclic) bond motifs is 2. The van der Waals surface area contributed by atoms with Crippen LogP contribution in [-0.2, 0) is 14.8 Å². The maximum absolute atomic E-state index is 12.7. The largest absolute Gasteiger partial charge is 0.395 e. The van der Waals surface area contributed by atoms with E-state index in [0.29, 0.717) is 11.4 Å². The molecule has 0 unspecified atom stereocenters. The number of nitrogens with zero attached hydrogens (tertiary/aromatic N) is 3. The fraction of sp³-hybridized carbons (Fsp3) is 0.480. The Bertz CT molecular complexity index is 1150. The zero-order chi connectivity index (χ0) is 25.0. The van der Waals surface area contributed by atoms with Crippen molar-refractivity contribution in [3.8, 4) is 0 Å². The molecule has 1 saturated heterocycles. The molecule has 2 aliphatic heterocycles. The third-order valence-electron chi connectivity index (χ3n) is 6.60. The standard InChI is InChI=1S/C25H34N4O4S2/c1-27(2)35(32,33)20-8-9-22-24(18-20)34-23-7-4-3-6-21(23)29(22)14-5-13-28-15-10-19(11-16-28)25(31)26-12-17-30/h3-4,6-9,18-19,30H,5,10-17H2,1-2H3,(H,26,31). The highest BCUT2D eigenvalue weighted by Gasteiger charge is 2.27. The molecule has 35 heavy (non-hydrogen) atoms. The van der Waals surface area contributed by atoms with Crippen molar-refractivity contribution in [2.45, 2.75) is 33.9 Å². The van der Waals surface area contributed by atoms with E-state index in [1.807, 2.05) is 18.2 Å². The molecule has 1 fully saturated rings. The van der Waals surface area contributed by atoms with Gasteiger partial charge in [0.1, 0.15) is 0 Å². The summed E-state index contributed by atoms with van der Waals surface area (Å²) in [6.07, 6.45) is 2.64.